The van der Waals surface area contributed by atoms with E-state index in [1.165, 1.54) is 4.63 Å². The molecule has 0 amide bonds. The fourth-order valence-corrected chi connectivity index (χ4v) is 3.36. The topological polar surface area (TPSA) is 87.9 Å². The van der Waals surface area contributed by atoms with Gasteiger partial charge in [-0.15, -0.1) is 14.8 Å². The summed E-state index contributed by atoms with van der Waals surface area (Å²) in [5, 5.41) is 15.9. The highest BCUT2D eigenvalue weighted by molar-refractivity contribution is 5.74. The van der Waals surface area contributed by atoms with Crippen LogP contribution in [0.15, 0.2) is 36.4 Å². The first-order chi connectivity index (χ1) is 11.9. The summed E-state index contributed by atoms with van der Waals surface area (Å²) in [6.45, 7) is 1.89. The lowest BCUT2D eigenvalue weighted by atomic mass is 9.96. The number of hydrogen-bond donors (Lipinski definition) is 1. The molecule has 4 heterocycles. The van der Waals surface area contributed by atoms with Crippen LogP contribution >= 0.6 is 0 Å². The van der Waals surface area contributed by atoms with E-state index in [1.54, 1.807) is 0 Å². The first-order valence-electron chi connectivity index (χ1n) is 8.12. The number of hydrogen-bond acceptors (Lipinski definition) is 6. The van der Waals surface area contributed by atoms with Gasteiger partial charge in [0.15, 0.2) is 11.5 Å². The van der Waals surface area contributed by atoms with Crippen LogP contribution in [0, 0.1) is 0 Å². The normalized spacial score (nSPS) is 16.2. The Balaban J connectivity index is 1.34. The minimum absolute atomic E-state index is 0.463. The van der Waals surface area contributed by atoms with E-state index >= 15 is 0 Å². The number of benzene rings is 1. The quantitative estimate of drug-likeness (QED) is 0.606. The molecule has 8 heteroatoms. The lowest BCUT2D eigenvalue weighted by Gasteiger charge is -2.31. The van der Waals surface area contributed by atoms with Crippen molar-refractivity contribution in [3.05, 3.63) is 42.2 Å². The van der Waals surface area contributed by atoms with Crippen molar-refractivity contribution >= 4 is 22.5 Å². The van der Waals surface area contributed by atoms with Crippen molar-refractivity contribution in [2.75, 3.05) is 18.0 Å². The highest BCUT2D eigenvalue weighted by Gasteiger charge is 2.24. The molecule has 1 saturated heterocycles. The summed E-state index contributed by atoms with van der Waals surface area (Å²) in [6, 6.07) is 12.1. The van der Waals surface area contributed by atoms with Crippen molar-refractivity contribution in [3.8, 4) is 0 Å². The smallest absolute Gasteiger partial charge is 0.200 e. The van der Waals surface area contributed by atoms with Gasteiger partial charge >= 0.3 is 0 Å². The van der Waals surface area contributed by atoms with E-state index in [0.29, 0.717) is 11.6 Å². The van der Waals surface area contributed by atoms with Crippen LogP contribution in [-0.4, -0.2) is 48.3 Å². The van der Waals surface area contributed by atoms with Crippen molar-refractivity contribution in [2.45, 2.75) is 18.8 Å². The zero-order valence-corrected chi connectivity index (χ0v) is 13.0. The summed E-state index contributed by atoms with van der Waals surface area (Å²) in [5.74, 6) is 2.48. The fourth-order valence-electron chi connectivity index (χ4n) is 3.36. The molecule has 1 fully saturated rings. The Morgan fingerprint density at radius 3 is 2.79 bits per heavy atom. The molecule has 0 saturated carbocycles. The molecule has 24 heavy (non-hydrogen) atoms. The van der Waals surface area contributed by atoms with Crippen molar-refractivity contribution in [1.82, 2.24) is 35.2 Å². The summed E-state index contributed by atoms with van der Waals surface area (Å²) >= 11 is 0. The van der Waals surface area contributed by atoms with Crippen LogP contribution in [0.2, 0.25) is 0 Å². The van der Waals surface area contributed by atoms with Crippen LogP contribution in [0.1, 0.15) is 24.6 Å². The van der Waals surface area contributed by atoms with Crippen LogP contribution < -0.4 is 4.90 Å². The molecular formula is C16H16N8. The molecule has 0 unspecified atom stereocenters. The van der Waals surface area contributed by atoms with Gasteiger partial charge in [0.05, 0.1) is 11.0 Å². The molecule has 120 valence electrons. The average Bonchev–Trinajstić information content (AvgIpc) is 3.27. The van der Waals surface area contributed by atoms with Crippen LogP contribution in [0.5, 0.6) is 0 Å². The predicted octanol–water partition coefficient (Wildman–Crippen LogP) is 1.78. The first kappa shape index (κ1) is 13.4. The van der Waals surface area contributed by atoms with Gasteiger partial charge in [0, 0.05) is 19.0 Å². The summed E-state index contributed by atoms with van der Waals surface area (Å²) in [6.07, 6.45) is 2.10. The summed E-state index contributed by atoms with van der Waals surface area (Å²) < 4.78 is 1.47. The third-order valence-electron chi connectivity index (χ3n) is 4.67. The largest absolute Gasteiger partial charge is 0.355 e. The maximum atomic E-state index is 4.75. The standard InChI is InChI=1S/C16H16N8/c1-2-4-13-12(3-1)17-16(18-13)11-7-9-23(10-8-11)15-6-5-14-19-21-22-24(14)20-15/h1-6,11H,7-10H2,(H,17,18). The van der Waals surface area contributed by atoms with Gasteiger partial charge in [0.25, 0.3) is 0 Å². The lowest BCUT2D eigenvalue weighted by Crippen LogP contribution is -2.34. The van der Waals surface area contributed by atoms with E-state index in [1.807, 2.05) is 24.3 Å². The number of piperidine rings is 1. The van der Waals surface area contributed by atoms with E-state index in [2.05, 4.69) is 42.6 Å². The first-order valence-corrected chi connectivity index (χ1v) is 8.12. The molecular weight excluding hydrogens is 304 g/mol. The predicted molar refractivity (Wildman–Crippen MR) is 88.9 cm³/mol. The maximum absolute atomic E-state index is 4.75. The molecule has 0 bridgehead atoms. The number of imidazole rings is 1. The molecule has 5 rings (SSSR count). The molecule has 3 aromatic heterocycles. The zero-order valence-electron chi connectivity index (χ0n) is 13.0. The Morgan fingerprint density at radius 1 is 1.04 bits per heavy atom. The molecule has 0 radical (unpaired) electrons. The molecule has 0 spiro atoms. The van der Waals surface area contributed by atoms with Crippen molar-refractivity contribution in [2.24, 2.45) is 0 Å². The van der Waals surface area contributed by atoms with Crippen LogP contribution in [0.4, 0.5) is 5.82 Å². The van der Waals surface area contributed by atoms with Crippen LogP contribution in [0.3, 0.4) is 0 Å². The van der Waals surface area contributed by atoms with Crippen molar-refractivity contribution < 1.29 is 0 Å². The van der Waals surface area contributed by atoms with E-state index in [-0.39, 0.29) is 0 Å². The molecule has 1 aliphatic rings. The second-order valence-electron chi connectivity index (χ2n) is 6.12. The number of H-pyrrole nitrogens is 1. The van der Waals surface area contributed by atoms with Gasteiger partial charge in [-0.25, -0.2) is 4.98 Å². The Hall–Kier alpha value is -3.03. The van der Waals surface area contributed by atoms with Crippen molar-refractivity contribution in [1.29, 1.82) is 0 Å². The van der Waals surface area contributed by atoms with E-state index in [9.17, 15) is 0 Å². The van der Waals surface area contributed by atoms with Crippen LogP contribution in [0.25, 0.3) is 16.7 Å². The summed E-state index contributed by atoms with van der Waals surface area (Å²) in [7, 11) is 0. The minimum Gasteiger partial charge on any atom is -0.355 e. The molecule has 0 aliphatic carbocycles. The molecule has 1 aromatic carbocycles. The Labute approximate surface area is 137 Å². The minimum atomic E-state index is 0.463. The van der Waals surface area contributed by atoms with Crippen LogP contribution in [-0.2, 0) is 0 Å². The SMILES string of the molecule is c1ccc2[nH]c(C3CCN(c4ccc5nnnn5n4)CC3)nc2c1. The lowest BCUT2D eigenvalue weighted by molar-refractivity contribution is 0.485. The second kappa shape index (κ2) is 5.26. The molecule has 1 N–H and O–H groups in total. The van der Waals surface area contributed by atoms with Gasteiger partial charge in [-0.3, -0.25) is 0 Å². The van der Waals surface area contributed by atoms with Crippen molar-refractivity contribution in [3.63, 3.8) is 0 Å². The van der Waals surface area contributed by atoms with Gasteiger partial charge in [-0.05, 0) is 47.5 Å². The zero-order chi connectivity index (χ0) is 15.9. The molecule has 1 aliphatic heterocycles. The monoisotopic (exact) mass is 320 g/mol. The van der Waals surface area contributed by atoms with Gasteiger partial charge in [-0.1, -0.05) is 12.1 Å². The third kappa shape index (κ3) is 2.18. The summed E-state index contributed by atoms with van der Waals surface area (Å²) in [4.78, 5) is 10.5. The number of nitrogens with zero attached hydrogens (tertiary/aromatic N) is 7. The van der Waals surface area contributed by atoms with E-state index in [4.69, 9.17) is 4.98 Å². The average molecular weight is 320 g/mol. The van der Waals surface area contributed by atoms with Gasteiger partial charge in [0.2, 0.25) is 0 Å². The highest BCUT2D eigenvalue weighted by atomic mass is 15.6. The number of nitrogens with one attached hydrogen (secondary N) is 1. The number of aromatic nitrogens is 7. The Morgan fingerprint density at radius 2 is 1.92 bits per heavy atom. The second-order valence-corrected chi connectivity index (χ2v) is 6.12. The van der Waals surface area contributed by atoms with E-state index < -0.39 is 0 Å². The number of tetrazole rings is 1. The number of anilines is 1. The van der Waals surface area contributed by atoms with E-state index in [0.717, 1.165) is 48.6 Å². The number of rotatable bonds is 2. The molecule has 4 aromatic rings. The fraction of sp³-hybridized carbons (Fsp3) is 0.312. The molecule has 0 atom stereocenters. The van der Waals surface area contributed by atoms with Gasteiger partial charge in [0.1, 0.15) is 5.82 Å². The van der Waals surface area contributed by atoms with Gasteiger partial charge in [-0.2, -0.15) is 0 Å². The number of fused-ring (bicyclic) bond motifs is 2. The summed E-state index contributed by atoms with van der Waals surface area (Å²) in [5.41, 5.74) is 2.82. The third-order valence-corrected chi connectivity index (χ3v) is 4.67. The maximum Gasteiger partial charge on any atom is 0.200 e. The highest BCUT2D eigenvalue weighted by Crippen LogP contribution is 2.29. The van der Waals surface area contributed by atoms with Gasteiger partial charge < -0.3 is 9.88 Å². The number of para-hydroxylation sites is 2. The Bertz CT molecular complexity index is 952. The molecule has 8 nitrogen and oxygen atoms in total. The Kier molecular flexibility index (Phi) is 2.94. The number of aromatic amines is 1.